The zero-order chi connectivity index (χ0) is 17.1. The van der Waals surface area contributed by atoms with E-state index in [0.717, 1.165) is 6.29 Å². The van der Waals surface area contributed by atoms with Crippen LogP contribution in [-0.2, 0) is 14.3 Å². The fourth-order valence-corrected chi connectivity index (χ4v) is 3.45. The number of amides is 1. The Hall–Kier alpha value is -1.17. The van der Waals surface area contributed by atoms with Gasteiger partial charge in [0.1, 0.15) is 17.8 Å². The van der Waals surface area contributed by atoms with E-state index < -0.39 is 11.5 Å². The molecule has 0 aromatic heterocycles. The Morgan fingerprint density at radius 1 is 1.41 bits per heavy atom. The predicted molar refractivity (Wildman–Crippen MR) is 84.7 cm³/mol. The molecule has 1 aliphatic rings. The first-order chi connectivity index (χ1) is 10.1. The van der Waals surface area contributed by atoms with Crippen LogP contribution < -0.4 is 0 Å². The normalized spacial score (nSPS) is 26.5. The smallest absolute Gasteiger partial charge is 0.200 e. The average Bonchev–Trinajstić information content (AvgIpc) is 2.64. The van der Waals surface area contributed by atoms with Crippen molar-refractivity contribution in [1.82, 2.24) is 4.90 Å². The summed E-state index contributed by atoms with van der Waals surface area (Å²) in [6.07, 6.45) is 2.20. The molecule has 1 saturated heterocycles. The van der Waals surface area contributed by atoms with Crippen LogP contribution in [0.4, 0.5) is 4.79 Å². The van der Waals surface area contributed by atoms with Crippen LogP contribution in [0.15, 0.2) is 0 Å². The molecule has 0 N–H and O–H groups in total. The predicted octanol–water partition coefficient (Wildman–Crippen LogP) is 2.31. The molecule has 1 aliphatic heterocycles. The number of hydrogen-bond donors (Lipinski definition) is 0. The summed E-state index contributed by atoms with van der Waals surface area (Å²) in [6, 6.07) is -0.153. The molecule has 6 heteroatoms. The molecule has 2 radical (unpaired) electrons. The Balaban J connectivity index is 2.89. The number of carbonyl (C=O) groups is 3. The maximum atomic E-state index is 11.7. The number of Topliss-reactive ketones (excluding diaryl/α,β-unsaturated/α-hetero) is 1. The van der Waals surface area contributed by atoms with Gasteiger partial charge < -0.3 is 19.2 Å². The van der Waals surface area contributed by atoms with Crippen LogP contribution in [0.5, 0.6) is 0 Å². The maximum Gasteiger partial charge on any atom is 0.200 e. The van der Waals surface area contributed by atoms with Crippen LogP contribution in [0.1, 0.15) is 53.9 Å². The van der Waals surface area contributed by atoms with E-state index in [-0.39, 0.29) is 29.8 Å². The molecule has 1 amide bonds. The summed E-state index contributed by atoms with van der Waals surface area (Å²) in [5, 5.41) is 0. The Morgan fingerprint density at radius 2 is 2.00 bits per heavy atom. The van der Waals surface area contributed by atoms with Gasteiger partial charge in [0.05, 0.1) is 12.1 Å². The number of hydrogen-bond acceptors (Lipinski definition) is 4. The number of nitrogens with zero attached hydrogens (tertiary/aromatic N) is 1. The van der Waals surface area contributed by atoms with E-state index in [4.69, 9.17) is 12.6 Å². The van der Waals surface area contributed by atoms with E-state index >= 15 is 0 Å². The minimum Gasteiger partial charge on any atom is -0.351 e. The van der Waals surface area contributed by atoms with Crippen molar-refractivity contribution in [3.63, 3.8) is 0 Å². The van der Waals surface area contributed by atoms with Crippen molar-refractivity contribution in [3.05, 3.63) is 0 Å². The quantitative estimate of drug-likeness (QED) is 0.535. The third kappa shape index (κ3) is 4.19. The van der Waals surface area contributed by atoms with Crippen molar-refractivity contribution >= 4 is 25.7 Å². The standard InChI is InChI=1S/C16H26BNO4/c1-6-13-14(22-16(4,5)18(13)15(17)21)8-12(9-19)10(2)7-11(3)20/h9-10,12-14H,6-8H2,1-5H3. The number of ether oxygens (including phenoxy) is 1. The molecule has 0 aromatic rings. The minimum absolute atomic E-state index is 0.0400. The van der Waals surface area contributed by atoms with Crippen molar-refractivity contribution < 1.29 is 19.1 Å². The van der Waals surface area contributed by atoms with Gasteiger partial charge in [-0.15, -0.1) is 0 Å². The van der Waals surface area contributed by atoms with E-state index in [1.165, 1.54) is 6.92 Å². The fourth-order valence-electron chi connectivity index (χ4n) is 3.45. The van der Waals surface area contributed by atoms with Gasteiger partial charge in [0, 0.05) is 12.3 Å². The molecule has 1 rings (SSSR count). The average molecular weight is 307 g/mol. The second kappa shape index (κ2) is 7.40. The first-order valence-electron chi connectivity index (χ1n) is 7.85. The molecule has 0 saturated carbocycles. The van der Waals surface area contributed by atoms with Gasteiger partial charge in [-0.05, 0) is 39.5 Å². The summed E-state index contributed by atoms with van der Waals surface area (Å²) in [7, 11) is 5.48. The van der Waals surface area contributed by atoms with E-state index in [9.17, 15) is 14.4 Å². The second-order valence-corrected chi connectivity index (χ2v) is 6.71. The van der Waals surface area contributed by atoms with Gasteiger partial charge in [0.15, 0.2) is 5.81 Å². The van der Waals surface area contributed by atoms with Gasteiger partial charge in [0.2, 0.25) is 7.85 Å². The van der Waals surface area contributed by atoms with E-state index in [2.05, 4.69) is 0 Å². The molecular formula is C16H26BNO4. The lowest BCUT2D eigenvalue weighted by Gasteiger charge is -2.33. The van der Waals surface area contributed by atoms with Crippen LogP contribution in [0, 0.1) is 11.8 Å². The zero-order valence-corrected chi connectivity index (χ0v) is 14.2. The molecule has 1 heterocycles. The second-order valence-electron chi connectivity index (χ2n) is 6.71. The van der Waals surface area contributed by atoms with Gasteiger partial charge in [-0.25, -0.2) is 0 Å². The molecule has 4 unspecified atom stereocenters. The SMILES string of the molecule is [B]C(=O)N1C(CC)C(CC(C=O)C(C)CC(C)=O)OC1(C)C. The lowest BCUT2D eigenvalue weighted by atomic mass is 9.84. The first-order valence-corrected chi connectivity index (χ1v) is 7.85. The van der Waals surface area contributed by atoms with E-state index in [1.54, 1.807) is 18.7 Å². The van der Waals surface area contributed by atoms with Crippen molar-refractivity contribution in [2.75, 3.05) is 0 Å². The summed E-state index contributed by atoms with van der Waals surface area (Å²) in [5.74, 6) is -0.759. The topological polar surface area (TPSA) is 63.7 Å². The Kier molecular flexibility index (Phi) is 6.35. The number of ketones is 1. The zero-order valence-electron chi connectivity index (χ0n) is 14.2. The minimum atomic E-state index is -0.783. The summed E-state index contributed by atoms with van der Waals surface area (Å²) in [5.41, 5.74) is -0.783. The van der Waals surface area contributed by atoms with Crippen molar-refractivity contribution in [1.29, 1.82) is 0 Å². The van der Waals surface area contributed by atoms with Crippen LogP contribution in [-0.4, -0.2) is 48.5 Å². The third-order valence-corrected chi connectivity index (χ3v) is 4.46. The van der Waals surface area contributed by atoms with Gasteiger partial charge in [-0.2, -0.15) is 0 Å². The number of rotatable bonds is 7. The third-order valence-electron chi connectivity index (χ3n) is 4.46. The highest BCUT2D eigenvalue weighted by Gasteiger charge is 2.48. The highest BCUT2D eigenvalue weighted by molar-refractivity contribution is 6.57. The highest BCUT2D eigenvalue weighted by Crippen LogP contribution is 2.37. The molecule has 4 atom stereocenters. The molecule has 122 valence electrons. The molecule has 22 heavy (non-hydrogen) atoms. The maximum absolute atomic E-state index is 11.7. The molecule has 1 fully saturated rings. The Bertz CT molecular complexity index is 438. The lowest BCUT2D eigenvalue weighted by Crippen LogP contribution is -2.47. The number of carbonyl (C=O) groups excluding carboxylic acids is 3. The van der Waals surface area contributed by atoms with Gasteiger partial charge in [-0.3, -0.25) is 4.79 Å². The van der Waals surface area contributed by atoms with Crippen LogP contribution in [0.2, 0.25) is 0 Å². The van der Waals surface area contributed by atoms with Crippen LogP contribution in [0.3, 0.4) is 0 Å². The van der Waals surface area contributed by atoms with Crippen LogP contribution >= 0.6 is 0 Å². The Morgan fingerprint density at radius 3 is 2.41 bits per heavy atom. The molecule has 0 aliphatic carbocycles. The van der Waals surface area contributed by atoms with Crippen molar-refractivity contribution in [2.24, 2.45) is 11.8 Å². The van der Waals surface area contributed by atoms with Gasteiger partial charge in [-0.1, -0.05) is 13.8 Å². The van der Waals surface area contributed by atoms with Gasteiger partial charge in [0.25, 0.3) is 0 Å². The molecule has 0 spiro atoms. The Labute approximate surface area is 134 Å². The molecule has 0 aromatic carbocycles. The van der Waals surface area contributed by atoms with Crippen molar-refractivity contribution in [2.45, 2.75) is 71.8 Å². The lowest BCUT2D eigenvalue weighted by molar-refractivity contribution is -0.120. The summed E-state index contributed by atoms with van der Waals surface area (Å²) in [6.45, 7) is 8.99. The number of aldehydes is 1. The van der Waals surface area contributed by atoms with E-state index in [1.807, 2.05) is 13.8 Å². The molecular weight excluding hydrogens is 281 g/mol. The van der Waals surface area contributed by atoms with Crippen LogP contribution in [0.25, 0.3) is 0 Å². The van der Waals surface area contributed by atoms with Gasteiger partial charge >= 0.3 is 0 Å². The fraction of sp³-hybridized carbons (Fsp3) is 0.812. The summed E-state index contributed by atoms with van der Waals surface area (Å²) >= 11 is 0. The summed E-state index contributed by atoms with van der Waals surface area (Å²) in [4.78, 5) is 35.9. The van der Waals surface area contributed by atoms with E-state index in [0.29, 0.717) is 19.3 Å². The van der Waals surface area contributed by atoms with Crippen molar-refractivity contribution in [3.8, 4) is 0 Å². The molecule has 0 bridgehead atoms. The summed E-state index contributed by atoms with van der Waals surface area (Å²) < 4.78 is 5.99. The highest BCUT2D eigenvalue weighted by atomic mass is 16.5. The first kappa shape index (κ1) is 18.9. The monoisotopic (exact) mass is 307 g/mol. The largest absolute Gasteiger partial charge is 0.351 e. The molecule has 5 nitrogen and oxygen atoms in total.